The summed E-state index contributed by atoms with van der Waals surface area (Å²) in [6, 6.07) is 3.59. The molecule has 5 heteroatoms. The number of nitrogens with zero attached hydrogens (tertiary/aromatic N) is 2. The van der Waals surface area contributed by atoms with Crippen LogP contribution in [0.5, 0.6) is 0 Å². The fraction of sp³-hybridized carbons (Fsp3) is 0.583. The molecule has 1 N–H and O–H groups in total. The fourth-order valence-corrected chi connectivity index (χ4v) is 1.75. The van der Waals surface area contributed by atoms with Gasteiger partial charge in [0.1, 0.15) is 11.9 Å². The van der Waals surface area contributed by atoms with Gasteiger partial charge in [0.05, 0.1) is 0 Å². The molecule has 0 aromatic carbocycles. The van der Waals surface area contributed by atoms with E-state index in [0.29, 0.717) is 11.6 Å². The van der Waals surface area contributed by atoms with Crippen molar-refractivity contribution >= 4 is 11.5 Å². The summed E-state index contributed by atoms with van der Waals surface area (Å²) in [5, 5.41) is 13.9. The van der Waals surface area contributed by atoms with E-state index in [1.807, 2.05) is 6.92 Å². The monoisotopic (exact) mass is 237 g/mol. The first-order valence-electron chi connectivity index (χ1n) is 5.90. The molecule has 0 radical (unpaired) electrons. The van der Waals surface area contributed by atoms with E-state index in [9.17, 15) is 10.1 Å². The van der Waals surface area contributed by atoms with E-state index in [4.69, 9.17) is 0 Å². The summed E-state index contributed by atoms with van der Waals surface area (Å²) in [6.45, 7) is 6.35. The number of aromatic nitrogens is 1. The van der Waals surface area contributed by atoms with Crippen molar-refractivity contribution in [2.24, 2.45) is 5.92 Å². The lowest BCUT2D eigenvalue weighted by molar-refractivity contribution is -0.388. The van der Waals surface area contributed by atoms with Crippen molar-refractivity contribution < 1.29 is 4.92 Å². The normalized spacial score (nSPS) is 14.1. The van der Waals surface area contributed by atoms with Gasteiger partial charge < -0.3 is 15.4 Å². The lowest BCUT2D eigenvalue weighted by Gasteiger charge is -2.18. The van der Waals surface area contributed by atoms with Gasteiger partial charge in [-0.25, -0.2) is 0 Å². The van der Waals surface area contributed by atoms with Crippen LogP contribution >= 0.6 is 0 Å². The average molecular weight is 237 g/mol. The van der Waals surface area contributed by atoms with Crippen molar-refractivity contribution in [2.75, 3.05) is 5.32 Å². The highest BCUT2D eigenvalue weighted by molar-refractivity contribution is 5.57. The number of pyridine rings is 1. The Morgan fingerprint density at radius 1 is 1.53 bits per heavy atom. The van der Waals surface area contributed by atoms with Gasteiger partial charge in [-0.2, -0.15) is 0 Å². The standard InChI is InChI=1S/C12H19N3O2/c1-4-9(2)8-10(3)14-11-6-5-7-13-12(11)15(16)17/h5-7,9-10,14H,4,8H2,1-3H3. The van der Waals surface area contributed by atoms with Crippen molar-refractivity contribution in [3.8, 4) is 0 Å². The number of nitro groups is 1. The minimum absolute atomic E-state index is 0.108. The van der Waals surface area contributed by atoms with Crippen molar-refractivity contribution in [3.05, 3.63) is 28.4 Å². The molecule has 1 aromatic heterocycles. The number of anilines is 1. The van der Waals surface area contributed by atoms with Gasteiger partial charge in [0.2, 0.25) is 0 Å². The molecule has 1 rings (SSSR count). The zero-order valence-corrected chi connectivity index (χ0v) is 10.5. The SMILES string of the molecule is CCC(C)CC(C)Nc1cccnc1[N+](=O)[O-]. The van der Waals surface area contributed by atoms with E-state index in [1.165, 1.54) is 6.20 Å². The molecule has 0 saturated carbocycles. The molecule has 1 heterocycles. The van der Waals surface area contributed by atoms with Crippen LogP contribution in [-0.4, -0.2) is 15.9 Å². The zero-order chi connectivity index (χ0) is 12.8. The minimum Gasteiger partial charge on any atom is -0.376 e. The minimum atomic E-state index is -0.460. The Morgan fingerprint density at radius 2 is 2.24 bits per heavy atom. The smallest absolute Gasteiger partial charge is 0.376 e. The third kappa shape index (κ3) is 4.01. The quantitative estimate of drug-likeness (QED) is 0.609. The Bertz CT molecular complexity index is 382. The largest absolute Gasteiger partial charge is 0.386 e. The van der Waals surface area contributed by atoms with Crippen molar-refractivity contribution in [1.82, 2.24) is 4.98 Å². The molecule has 5 nitrogen and oxygen atoms in total. The number of hydrogen-bond acceptors (Lipinski definition) is 4. The summed E-state index contributed by atoms with van der Waals surface area (Å²) in [6.07, 6.45) is 3.53. The van der Waals surface area contributed by atoms with Crippen LogP contribution in [0.3, 0.4) is 0 Å². The molecule has 0 aliphatic rings. The van der Waals surface area contributed by atoms with E-state index < -0.39 is 4.92 Å². The molecule has 0 amide bonds. The lowest BCUT2D eigenvalue weighted by atomic mass is 10.0. The lowest BCUT2D eigenvalue weighted by Crippen LogP contribution is -2.19. The first-order chi connectivity index (χ1) is 8.04. The first-order valence-corrected chi connectivity index (χ1v) is 5.90. The fourth-order valence-electron chi connectivity index (χ4n) is 1.75. The summed E-state index contributed by atoms with van der Waals surface area (Å²) in [5.41, 5.74) is 0.494. The highest BCUT2D eigenvalue weighted by Gasteiger charge is 2.16. The Labute approximate surface area is 101 Å². The molecule has 94 valence electrons. The van der Waals surface area contributed by atoms with Gasteiger partial charge in [0, 0.05) is 6.04 Å². The molecule has 0 saturated heterocycles. The summed E-state index contributed by atoms with van der Waals surface area (Å²) >= 11 is 0. The van der Waals surface area contributed by atoms with Crippen LogP contribution in [0.15, 0.2) is 18.3 Å². The van der Waals surface area contributed by atoms with Crippen LogP contribution in [0.4, 0.5) is 11.5 Å². The second-order valence-corrected chi connectivity index (χ2v) is 4.43. The molecule has 2 unspecified atom stereocenters. The molecule has 1 aromatic rings. The van der Waals surface area contributed by atoms with Crippen LogP contribution in [-0.2, 0) is 0 Å². The van der Waals surface area contributed by atoms with Gasteiger partial charge in [-0.15, -0.1) is 0 Å². The second kappa shape index (κ2) is 6.18. The Morgan fingerprint density at radius 3 is 2.82 bits per heavy atom. The third-order valence-electron chi connectivity index (χ3n) is 2.81. The maximum atomic E-state index is 10.8. The predicted molar refractivity (Wildman–Crippen MR) is 68.0 cm³/mol. The van der Waals surface area contributed by atoms with Crippen LogP contribution < -0.4 is 5.32 Å². The van der Waals surface area contributed by atoms with Gasteiger partial charge in [-0.1, -0.05) is 20.3 Å². The first kappa shape index (κ1) is 13.4. The van der Waals surface area contributed by atoms with Crippen LogP contribution in [0.25, 0.3) is 0 Å². The summed E-state index contributed by atoms with van der Waals surface area (Å²) in [7, 11) is 0. The number of hydrogen-bond donors (Lipinski definition) is 1. The maximum absolute atomic E-state index is 10.8. The van der Waals surface area contributed by atoms with Crippen LogP contribution in [0.1, 0.15) is 33.6 Å². The van der Waals surface area contributed by atoms with Gasteiger partial charge in [-0.3, -0.25) is 0 Å². The van der Waals surface area contributed by atoms with Crippen molar-refractivity contribution in [3.63, 3.8) is 0 Å². The van der Waals surface area contributed by atoms with E-state index >= 15 is 0 Å². The highest BCUT2D eigenvalue weighted by atomic mass is 16.6. The molecular formula is C12H19N3O2. The van der Waals surface area contributed by atoms with E-state index in [2.05, 4.69) is 24.1 Å². The molecule has 0 fully saturated rings. The molecule has 0 aliphatic heterocycles. The van der Waals surface area contributed by atoms with Gasteiger partial charge in [0.15, 0.2) is 0 Å². The van der Waals surface area contributed by atoms with Gasteiger partial charge in [0.25, 0.3) is 0 Å². The van der Waals surface area contributed by atoms with Crippen LogP contribution in [0.2, 0.25) is 0 Å². The second-order valence-electron chi connectivity index (χ2n) is 4.43. The van der Waals surface area contributed by atoms with E-state index in [0.717, 1.165) is 12.8 Å². The number of rotatable bonds is 6. The van der Waals surface area contributed by atoms with Crippen molar-refractivity contribution in [1.29, 1.82) is 0 Å². The zero-order valence-electron chi connectivity index (χ0n) is 10.5. The van der Waals surface area contributed by atoms with Gasteiger partial charge in [-0.05, 0) is 41.3 Å². The Kier molecular flexibility index (Phi) is 4.87. The third-order valence-corrected chi connectivity index (χ3v) is 2.81. The summed E-state index contributed by atoms with van der Waals surface area (Å²) in [4.78, 5) is 14.1. The highest BCUT2D eigenvalue weighted by Crippen LogP contribution is 2.22. The van der Waals surface area contributed by atoms with E-state index in [1.54, 1.807) is 12.1 Å². The summed E-state index contributed by atoms with van der Waals surface area (Å²) in [5.74, 6) is 0.497. The maximum Gasteiger partial charge on any atom is 0.386 e. The molecule has 0 bridgehead atoms. The summed E-state index contributed by atoms with van der Waals surface area (Å²) < 4.78 is 0. The van der Waals surface area contributed by atoms with Crippen molar-refractivity contribution in [2.45, 2.75) is 39.7 Å². The molecular weight excluding hydrogens is 218 g/mol. The molecule has 0 spiro atoms. The molecule has 17 heavy (non-hydrogen) atoms. The van der Waals surface area contributed by atoms with E-state index in [-0.39, 0.29) is 11.9 Å². The predicted octanol–water partition coefficient (Wildman–Crippen LogP) is 3.23. The molecule has 0 aliphatic carbocycles. The topological polar surface area (TPSA) is 68.1 Å². The van der Waals surface area contributed by atoms with Gasteiger partial charge >= 0.3 is 5.82 Å². The van der Waals surface area contributed by atoms with Crippen LogP contribution in [0, 0.1) is 16.0 Å². The molecule has 2 atom stereocenters. The number of nitrogens with one attached hydrogen (secondary N) is 1. The Balaban J connectivity index is 2.71. The average Bonchev–Trinajstić information content (AvgIpc) is 2.29. The Hall–Kier alpha value is -1.65.